The maximum atomic E-state index is 11.5. The van der Waals surface area contributed by atoms with Gasteiger partial charge in [-0.05, 0) is 37.6 Å². The van der Waals surface area contributed by atoms with Gasteiger partial charge in [0.15, 0.2) is 0 Å². The van der Waals surface area contributed by atoms with Crippen LogP contribution in [-0.4, -0.2) is 22.6 Å². The van der Waals surface area contributed by atoms with Crippen LogP contribution in [0.5, 0.6) is 5.75 Å². The van der Waals surface area contributed by atoms with E-state index in [-0.39, 0.29) is 17.1 Å². The van der Waals surface area contributed by atoms with Crippen LogP contribution in [-0.2, 0) is 5.41 Å². The molecule has 27 heavy (non-hydrogen) atoms. The molecule has 138 valence electrons. The number of nitro benzene ring substituents is 2. The van der Waals surface area contributed by atoms with Crippen molar-refractivity contribution in [2.24, 2.45) is 0 Å². The highest BCUT2D eigenvalue weighted by molar-refractivity contribution is 5.75. The summed E-state index contributed by atoms with van der Waals surface area (Å²) in [7, 11) is 1.82. The lowest BCUT2D eigenvalue weighted by atomic mass is 9.76. The molecule has 8 heteroatoms. The Hall–Kier alpha value is -3.42. The zero-order valence-electron chi connectivity index (χ0n) is 15.0. The first-order chi connectivity index (χ1) is 12.7. The largest absolute Gasteiger partial charge is 0.456 e. The summed E-state index contributed by atoms with van der Waals surface area (Å²) in [5.41, 5.74) is 0.329. The second-order valence-electron chi connectivity index (χ2n) is 7.23. The van der Waals surface area contributed by atoms with Crippen molar-refractivity contribution < 1.29 is 14.6 Å². The Labute approximate surface area is 155 Å². The molecule has 0 aromatic heterocycles. The van der Waals surface area contributed by atoms with Gasteiger partial charge in [0.25, 0.3) is 5.69 Å². The van der Waals surface area contributed by atoms with Crippen LogP contribution in [0.3, 0.4) is 0 Å². The smallest absolute Gasteiger partial charge is 0.311 e. The summed E-state index contributed by atoms with van der Waals surface area (Å²) in [6.07, 6.45) is 3.68. The summed E-state index contributed by atoms with van der Waals surface area (Å²) < 4.78 is 6.31. The Balaban J connectivity index is 1.90. The van der Waals surface area contributed by atoms with Gasteiger partial charge in [0.1, 0.15) is 0 Å². The number of hydrogen-bond donors (Lipinski definition) is 0. The van der Waals surface area contributed by atoms with E-state index in [1.165, 1.54) is 12.1 Å². The van der Waals surface area contributed by atoms with Crippen molar-refractivity contribution in [2.75, 3.05) is 11.9 Å². The van der Waals surface area contributed by atoms with E-state index in [0.717, 1.165) is 11.3 Å². The molecule has 0 saturated heterocycles. The highest BCUT2D eigenvalue weighted by atomic mass is 16.6. The van der Waals surface area contributed by atoms with E-state index in [4.69, 9.17) is 4.74 Å². The number of anilines is 1. The summed E-state index contributed by atoms with van der Waals surface area (Å²) in [6.45, 7) is 3.84. The Morgan fingerprint density at radius 3 is 2.48 bits per heavy atom. The van der Waals surface area contributed by atoms with E-state index in [9.17, 15) is 20.2 Å². The van der Waals surface area contributed by atoms with Crippen molar-refractivity contribution in [1.82, 2.24) is 0 Å². The molecule has 0 radical (unpaired) electrons. The lowest BCUT2D eigenvalue weighted by Gasteiger charge is -2.45. The van der Waals surface area contributed by atoms with Crippen LogP contribution in [0.15, 0.2) is 42.5 Å². The number of likely N-dealkylation sites (N-methyl/N-ethyl adjacent to an activating group) is 1. The predicted octanol–water partition coefficient (Wildman–Crippen LogP) is 4.03. The average Bonchev–Trinajstić information content (AvgIpc) is 2.79. The number of ether oxygens (including phenoxy) is 1. The Kier molecular flexibility index (Phi) is 3.33. The molecule has 2 aliphatic heterocycles. The van der Waals surface area contributed by atoms with E-state index in [0.29, 0.717) is 5.56 Å². The number of nitro groups is 2. The molecular formula is C19H17N3O5. The Bertz CT molecular complexity index is 1030. The first-order valence-corrected chi connectivity index (χ1v) is 8.37. The van der Waals surface area contributed by atoms with Crippen molar-refractivity contribution in [3.63, 3.8) is 0 Å². The van der Waals surface area contributed by atoms with Gasteiger partial charge in [-0.15, -0.1) is 0 Å². The lowest BCUT2D eigenvalue weighted by Crippen LogP contribution is -2.58. The molecule has 2 aromatic rings. The summed E-state index contributed by atoms with van der Waals surface area (Å²) >= 11 is 0. The number of hydrogen-bond acceptors (Lipinski definition) is 6. The molecule has 2 heterocycles. The number of rotatable bonds is 2. The van der Waals surface area contributed by atoms with Crippen LogP contribution in [0.2, 0.25) is 0 Å². The van der Waals surface area contributed by atoms with Crippen LogP contribution in [0.1, 0.15) is 25.0 Å². The van der Waals surface area contributed by atoms with Crippen LogP contribution < -0.4 is 9.64 Å². The number of non-ortho nitro benzene ring substituents is 1. The quantitative estimate of drug-likeness (QED) is 0.587. The molecule has 1 atom stereocenters. The fourth-order valence-corrected chi connectivity index (χ4v) is 4.06. The highest BCUT2D eigenvalue weighted by Crippen LogP contribution is 2.55. The summed E-state index contributed by atoms with van der Waals surface area (Å²) in [5, 5.41) is 22.7. The van der Waals surface area contributed by atoms with Gasteiger partial charge in [-0.3, -0.25) is 20.2 Å². The Morgan fingerprint density at radius 2 is 1.81 bits per heavy atom. The minimum Gasteiger partial charge on any atom is -0.456 e. The topological polar surface area (TPSA) is 98.8 Å². The first kappa shape index (κ1) is 17.0. The van der Waals surface area contributed by atoms with Crippen molar-refractivity contribution in [3.05, 3.63) is 73.8 Å². The van der Waals surface area contributed by atoms with Crippen LogP contribution >= 0.6 is 0 Å². The number of nitrogens with zero attached hydrogens (tertiary/aromatic N) is 3. The third-order valence-electron chi connectivity index (χ3n) is 5.59. The fourth-order valence-electron chi connectivity index (χ4n) is 4.06. The van der Waals surface area contributed by atoms with Crippen LogP contribution in [0.4, 0.5) is 17.1 Å². The third-order valence-corrected chi connectivity index (χ3v) is 5.59. The van der Waals surface area contributed by atoms with Gasteiger partial charge in [-0.25, -0.2) is 0 Å². The number of para-hydroxylation sites is 1. The molecule has 0 aliphatic carbocycles. The van der Waals surface area contributed by atoms with Crippen molar-refractivity contribution >= 4 is 23.1 Å². The summed E-state index contributed by atoms with van der Waals surface area (Å²) in [4.78, 5) is 23.7. The second-order valence-corrected chi connectivity index (χ2v) is 7.23. The van der Waals surface area contributed by atoms with Gasteiger partial charge < -0.3 is 9.64 Å². The lowest BCUT2D eigenvalue weighted by molar-refractivity contribution is -0.386. The summed E-state index contributed by atoms with van der Waals surface area (Å²) in [6, 6.07) is 9.47. The van der Waals surface area contributed by atoms with Gasteiger partial charge in [-0.1, -0.05) is 12.1 Å². The van der Waals surface area contributed by atoms with E-state index >= 15 is 0 Å². The van der Waals surface area contributed by atoms with Crippen molar-refractivity contribution in [2.45, 2.75) is 25.0 Å². The molecular weight excluding hydrogens is 350 g/mol. The molecule has 2 aromatic carbocycles. The molecule has 4 rings (SSSR count). The predicted molar refractivity (Wildman–Crippen MR) is 100 cm³/mol. The third kappa shape index (κ3) is 2.09. The number of benzene rings is 2. The minimum absolute atomic E-state index is 0.00144. The van der Waals surface area contributed by atoms with Gasteiger partial charge in [-0.2, -0.15) is 0 Å². The fraction of sp³-hybridized carbons (Fsp3) is 0.263. The molecule has 0 N–H and O–H groups in total. The minimum atomic E-state index is -1.04. The van der Waals surface area contributed by atoms with E-state index in [2.05, 4.69) is 0 Å². The number of fused-ring (bicyclic) bond motifs is 2. The van der Waals surface area contributed by atoms with Crippen molar-refractivity contribution in [3.8, 4) is 5.75 Å². The Morgan fingerprint density at radius 1 is 1.07 bits per heavy atom. The first-order valence-electron chi connectivity index (χ1n) is 8.37. The van der Waals surface area contributed by atoms with Crippen LogP contribution in [0.25, 0.3) is 6.08 Å². The average molecular weight is 367 g/mol. The normalized spacial score (nSPS) is 21.5. The van der Waals surface area contributed by atoms with Gasteiger partial charge in [0.2, 0.25) is 11.5 Å². The molecule has 0 saturated carbocycles. The molecule has 1 spiro atoms. The standard InChI is InChI=1S/C19H17N3O5/c1-18(2)14-11-13(21(23)24)7-8-15(14)20(3)19(18)10-9-12-5-4-6-16(22(25)26)17(12)27-19/h4-11H,1-3H3. The molecule has 8 nitrogen and oxygen atoms in total. The van der Waals surface area contributed by atoms with Crippen LogP contribution in [0, 0.1) is 20.2 Å². The summed E-state index contributed by atoms with van der Waals surface area (Å²) in [5.74, 6) is 0.201. The van der Waals surface area contributed by atoms with Gasteiger partial charge >= 0.3 is 5.69 Å². The SMILES string of the molecule is CN1c2ccc([N+](=O)[O-])cc2C(C)(C)C12C=Cc1cccc([N+](=O)[O-])c1O2. The van der Waals surface area contributed by atoms with Gasteiger partial charge in [0, 0.05) is 36.5 Å². The maximum Gasteiger partial charge on any atom is 0.311 e. The second kappa shape index (κ2) is 5.29. The zero-order valence-corrected chi connectivity index (χ0v) is 15.0. The van der Waals surface area contributed by atoms with E-state index in [1.54, 1.807) is 24.3 Å². The molecule has 0 bridgehead atoms. The molecule has 2 aliphatic rings. The highest BCUT2D eigenvalue weighted by Gasteiger charge is 2.58. The maximum absolute atomic E-state index is 11.5. The molecule has 1 unspecified atom stereocenters. The molecule has 0 fully saturated rings. The van der Waals surface area contributed by atoms with E-state index in [1.807, 2.05) is 37.9 Å². The van der Waals surface area contributed by atoms with Gasteiger partial charge in [0.05, 0.1) is 15.3 Å². The molecule has 0 amide bonds. The zero-order chi connectivity index (χ0) is 19.6. The van der Waals surface area contributed by atoms with Crippen molar-refractivity contribution in [1.29, 1.82) is 0 Å². The van der Waals surface area contributed by atoms with E-state index < -0.39 is 21.0 Å². The monoisotopic (exact) mass is 367 g/mol.